The normalized spacial score (nSPS) is 21.4. The molecule has 1 fully saturated rings. The SMILES string of the molecule is CC1(C(=O)N2CCN(C(=O)c3cccc(F)c3)CC2)Cc2ccccc2C(=O)O1. The minimum absolute atomic E-state index is 0.263. The molecule has 2 aliphatic heterocycles. The van der Waals surface area contributed by atoms with Crippen LogP contribution in [0, 0.1) is 5.82 Å². The van der Waals surface area contributed by atoms with Crippen molar-refractivity contribution < 1.29 is 23.5 Å². The first-order valence-electron chi connectivity index (χ1n) is 9.53. The molecule has 2 heterocycles. The molecule has 2 aromatic carbocycles. The standard InChI is InChI=1S/C22H21FN2O4/c1-22(14-16-5-2-3-8-18(16)20(27)29-22)21(28)25-11-9-24(10-12-25)19(26)15-6-4-7-17(23)13-15/h2-8,13H,9-12,14H2,1H3. The van der Waals surface area contributed by atoms with Crippen LogP contribution in [-0.2, 0) is 16.0 Å². The van der Waals surface area contributed by atoms with E-state index < -0.39 is 17.4 Å². The molecule has 6 nitrogen and oxygen atoms in total. The molecular formula is C22H21FN2O4. The summed E-state index contributed by atoms with van der Waals surface area (Å²) in [5, 5.41) is 0. The number of ether oxygens (including phenoxy) is 1. The monoisotopic (exact) mass is 396 g/mol. The maximum atomic E-state index is 13.4. The van der Waals surface area contributed by atoms with Gasteiger partial charge >= 0.3 is 5.97 Å². The van der Waals surface area contributed by atoms with E-state index in [9.17, 15) is 18.8 Å². The number of rotatable bonds is 2. The van der Waals surface area contributed by atoms with Gasteiger partial charge in [0.05, 0.1) is 5.56 Å². The summed E-state index contributed by atoms with van der Waals surface area (Å²) < 4.78 is 18.9. The Morgan fingerprint density at radius 3 is 2.41 bits per heavy atom. The molecule has 0 saturated carbocycles. The predicted molar refractivity (Wildman–Crippen MR) is 103 cm³/mol. The lowest BCUT2D eigenvalue weighted by Gasteiger charge is -2.40. The number of hydrogen-bond donors (Lipinski definition) is 0. The largest absolute Gasteiger partial charge is 0.445 e. The minimum atomic E-state index is -1.26. The number of carbonyl (C=O) groups is 3. The Labute approximate surface area is 167 Å². The molecular weight excluding hydrogens is 375 g/mol. The fraction of sp³-hybridized carbons (Fsp3) is 0.318. The number of esters is 1. The van der Waals surface area contributed by atoms with Crippen molar-refractivity contribution in [2.45, 2.75) is 18.9 Å². The Hall–Kier alpha value is -3.22. The third kappa shape index (κ3) is 3.60. The quantitative estimate of drug-likeness (QED) is 0.731. The summed E-state index contributed by atoms with van der Waals surface area (Å²) >= 11 is 0. The smallest absolute Gasteiger partial charge is 0.339 e. The number of piperazine rings is 1. The molecule has 0 radical (unpaired) electrons. The predicted octanol–water partition coefficient (Wildman–Crippen LogP) is 2.28. The highest BCUT2D eigenvalue weighted by Gasteiger charge is 2.45. The van der Waals surface area contributed by atoms with E-state index in [4.69, 9.17) is 4.74 Å². The number of amides is 2. The molecule has 4 rings (SSSR count). The summed E-state index contributed by atoms with van der Waals surface area (Å²) in [7, 11) is 0. The summed E-state index contributed by atoms with van der Waals surface area (Å²) in [5.41, 5.74) is 0.303. The number of halogens is 1. The molecule has 2 amide bonds. The number of fused-ring (bicyclic) bond motifs is 1. The highest BCUT2D eigenvalue weighted by molar-refractivity contribution is 5.98. The van der Waals surface area contributed by atoms with E-state index in [1.54, 1.807) is 34.9 Å². The molecule has 2 aromatic rings. The molecule has 1 unspecified atom stereocenters. The van der Waals surface area contributed by atoms with Crippen LogP contribution in [0.2, 0.25) is 0 Å². The van der Waals surface area contributed by atoms with Gasteiger partial charge in [-0.2, -0.15) is 0 Å². The first kappa shape index (κ1) is 19.1. The van der Waals surface area contributed by atoms with Crippen LogP contribution in [0.5, 0.6) is 0 Å². The lowest BCUT2D eigenvalue weighted by Crippen LogP contribution is -2.58. The second-order valence-corrected chi connectivity index (χ2v) is 7.55. The highest BCUT2D eigenvalue weighted by Crippen LogP contribution is 2.30. The summed E-state index contributed by atoms with van der Waals surface area (Å²) in [6, 6.07) is 12.7. The first-order valence-corrected chi connectivity index (χ1v) is 9.53. The Morgan fingerprint density at radius 1 is 1.00 bits per heavy atom. The number of carbonyl (C=O) groups excluding carboxylic acids is 3. The molecule has 29 heavy (non-hydrogen) atoms. The second kappa shape index (κ2) is 7.31. The van der Waals surface area contributed by atoms with Gasteiger partial charge in [0.25, 0.3) is 11.8 Å². The van der Waals surface area contributed by atoms with Crippen molar-refractivity contribution in [2.75, 3.05) is 26.2 Å². The van der Waals surface area contributed by atoms with Crippen molar-refractivity contribution in [3.63, 3.8) is 0 Å². The van der Waals surface area contributed by atoms with Gasteiger partial charge in [0, 0.05) is 38.2 Å². The fourth-order valence-electron chi connectivity index (χ4n) is 3.90. The van der Waals surface area contributed by atoms with Crippen LogP contribution >= 0.6 is 0 Å². The van der Waals surface area contributed by atoms with Crippen molar-refractivity contribution in [1.29, 1.82) is 0 Å². The number of cyclic esters (lactones) is 1. The van der Waals surface area contributed by atoms with E-state index in [2.05, 4.69) is 0 Å². The molecule has 1 saturated heterocycles. The van der Waals surface area contributed by atoms with E-state index in [-0.39, 0.29) is 17.4 Å². The van der Waals surface area contributed by atoms with Crippen LogP contribution < -0.4 is 0 Å². The van der Waals surface area contributed by atoms with Crippen molar-refractivity contribution in [3.05, 3.63) is 71.0 Å². The molecule has 0 aromatic heterocycles. The van der Waals surface area contributed by atoms with Crippen LogP contribution in [0.4, 0.5) is 4.39 Å². The van der Waals surface area contributed by atoms with Crippen molar-refractivity contribution >= 4 is 17.8 Å². The van der Waals surface area contributed by atoms with E-state index in [0.717, 1.165) is 5.56 Å². The number of nitrogens with zero attached hydrogens (tertiary/aromatic N) is 2. The Balaban J connectivity index is 1.43. The molecule has 7 heteroatoms. The van der Waals surface area contributed by atoms with E-state index in [1.807, 2.05) is 12.1 Å². The minimum Gasteiger partial charge on any atom is -0.445 e. The van der Waals surface area contributed by atoms with Crippen molar-refractivity contribution in [2.24, 2.45) is 0 Å². The molecule has 150 valence electrons. The van der Waals surface area contributed by atoms with E-state index in [1.165, 1.54) is 18.2 Å². The Kier molecular flexibility index (Phi) is 4.82. The molecule has 0 aliphatic carbocycles. The average molecular weight is 396 g/mol. The first-order chi connectivity index (χ1) is 13.9. The van der Waals surface area contributed by atoms with E-state index in [0.29, 0.717) is 38.2 Å². The molecule has 0 bridgehead atoms. The summed E-state index contributed by atoms with van der Waals surface area (Å²) in [6.45, 7) is 2.96. The Bertz CT molecular complexity index is 984. The maximum Gasteiger partial charge on any atom is 0.339 e. The third-order valence-electron chi connectivity index (χ3n) is 5.46. The summed E-state index contributed by atoms with van der Waals surface area (Å²) in [6.07, 6.45) is 0.316. The van der Waals surface area contributed by atoms with Gasteiger partial charge in [-0.3, -0.25) is 9.59 Å². The molecule has 0 N–H and O–H groups in total. The van der Waals surface area contributed by atoms with Gasteiger partial charge in [0.1, 0.15) is 5.82 Å². The van der Waals surface area contributed by atoms with Gasteiger partial charge in [-0.25, -0.2) is 9.18 Å². The zero-order valence-corrected chi connectivity index (χ0v) is 16.1. The molecule has 0 spiro atoms. The zero-order chi connectivity index (χ0) is 20.6. The maximum absolute atomic E-state index is 13.4. The third-order valence-corrected chi connectivity index (χ3v) is 5.46. The van der Waals surface area contributed by atoms with Crippen LogP contribution in [0.1, 0.15) is 33.2 Å². The Morgan fingerprint density at radius 2 is 1.69 bits per heavy atom. The zero-order valence-electron chi connectivity index (χ0n) is 16.1. The second-order valence-electron chi connectivity index (χ2n) is 7.55. The molecule has 1 atom stereocenters. The van der Waals surface area contributed by atoms with Gasteiger partial charge in [-0.15, -0.1) is 0 Å². The van der Waals surface area contributed by atoms with Gasteiger partial charge in [-0.05, 0) is 36.8 Å². The van der Waals surface area contributed by atoms with Crippen LogP contribution in [0.3, 0.4) is 0 Å². The van der Waals surface area contributed by atoms with Gasteiger partial charge < -0.3 is 14.5 Å². The van der Waals surface area contributed by atoms with Crippen LogP contribution in [0.15, 0.2) is 48.5 Å². The summed E-state index contributed by atoms with van der Waals surface area (Å²) in [4.78, 5) is 41.2. The fourth-order valence-corrected chi connectivity index (χ4v) is 3.90. The average Bonchev–Trinajstić information content (AvgIpc) is 2.73. The van der Waals surface area contributed by atoms with Crippen LogP contribution in [-0.4, -0.2) is 59.4 Å². The van der Waals surface area contributed by atoms with E-state index >= 15 is 0 Å². The van der Waals surface area contributed by atoms with Gasteiger partial charge in [0.15, 0.2) is 5.60 Å². The van der Waals surface area contributed by atoms with Crippen LogP contribution in [0.25, 0.3) is 0 Å². The number of benzene rings is 2. The van der Waals surface area contributed by atoms with Crippen molar-refractivity contribution in [3.8, 4) is 0 Å². The number of hydrogen-bond acceptors (Lipinski definition) is 4. The van der Waals surface area contributed by atoms with Gasteiger partial charge in [-0.1, -0.05) is 24.3 Å². The summed E-state index contributed by atoms with van der Waals surface area (Å²) in [5.74, 6) is -1.49. The van der Waals surface area contributed by atoms with Gasteiger partial charge in [0.2, 0.25) is 0 Å². The highest BCUT2D eigenvalue weighted by atomic mass is 19.1. The topological polar surface area (TPSA) is 66.9 Å². The lowest BCUT2D eigenvalue weighted by atomic mass is 9.88. The lowest BCUT2D eigenvalue weighted by molar-refractivity contribution is -0.152. The van der Waals surface area contributed by atoms with Crippen molar-refractivity contribution in [1.82, 2.24) is 9.80 Å². The molecule has 2 aliphatic rings.